The highest BCUT2D eigenvalue weighted by Crippen LogP contribution is 2.35. The second-order valence-electron chi connectivity index (χ2n) is 9.85. The summed E-state index contributed by atoms with van der Waals surface area (Å²) in [6.45, 7) is 0.696. The van der Waals surface area contributed by atoms with Crippen LogP contribution < -0.4 is 26.5 Å². The number of rotatable bonds is 6. The van der Waals surface area contributed by atoms with E-state index in [0.717, 1.165) is 35.8 Å². The van der Waals surface area contributed by atoms with E-state index in [1.807, 2.05) is 50.2 Å². The number of nitrogen functional groups attached to an aromatic ring is 1. The number of benzene rings is 2. The first kappa shape index (κ1) is 26.3. The van der Waals surface area contributed by atoms with E-state index in [4.69, 9.17) is 10.8 Å². The molecular weight excluding hydrogens is 533 g/mol. The number of pyridine rings is 1. The summed E-state index contributed by atoms with van der Waals surface area (Å²) in [6.07, 6.45) is 5.01. The highest BCUT2D eigenvalue weighted by atomic mass is 19.3. The van der Waals surface area contributed by atoms with Gasteiger partial charge in [-0.05, 0) is 68.3 Å². The Labute approximate surface area is 231 Å². The van der Waals surface area contributed by atoms with Crippen molar-refractivity contribution < 1.29 is 17.9 Å². The highest BCUT2D eigenvalue weighted by Gasteiger charge is 2.25. The van der Waals surface area contributed by atoms with E-state index in [1.165, 1.54) is 12.4 Å². The van der Waals surface area contributed by atoms with Crippen LogP contribution in [-0.4, -0.2) is 30.9 Å². The normalized spacial score (nSPS) is 13.8. The number of ether oxygens (including phenoxy) is 1. The lowest BCUT2D eigenvalue weighted by molar-refractivity contribution is -0.0521. The quantitative estimate of drug-likeness (QED) is 0.333. The monoisotopic (exact) mass is 558 g/mol. The zero-order chi connectivity index (χ0) is 28.8. The number of nitrogens with zero attached hydrogens (tertiary/aromatic N) is 5. The van der Waals surface area contributed by atoms with Crippen molar-refractivity contribution in [2.75, 3.05) is 5.73 Å². The molecule has 0 spiro atoms. The average molecular weight is 559 g/mol. The number of hydrogen-bond acceptors (Lipinski definition) is 6. The summed E-state index contributed by atoms with van der Waals surface area (Å²) in [7, 11) is 0. The minimum atomic E-state index is -3.17. The fourth-order valence-electron chi connectivity index (χ4n) is 5.39. The first-order chi connectivity index (χ1) is 19.7. The van der Waals surface area contributed by atoms with Crippen LogP contribution >= 0.6 is 0 Å². The van der Waals surface area contributed by atoms with E-state index in [9.17, 15) is 18.0 Å². The zero-order valence-electron chi connectivity index (χ0n) is 22.2. The van der Waals surface area contributed by atoms with Gasteiger partial charge in [-0.25, -0.2) is 19.0 Å². The summed E-state index contributed by atoms with van der Waals surface area (Å²) < 4.78 is 47.6. The minimum Gasteiger partial charge on any atom is -0.432 e. The molecule has 6 rings (SSSR count). The molecule has 0 saturated heterocycles. The second-order valence-corrected chi connectivity index (χ2v) is 9.85. The van der Waals surface area contributed by atoms with Crippen molar-refractivity contribution in [1.29, 1.82) is 0 Å². The topological polar surface area (TPSA) is 101 Å². The van der Waals surface area contributed by atoms with Gasteiger partial charge in [-0.1, -0.05) is 29.8 Å². The van der Waals surface area contributed by atoms with Gasteiger partial charge in [-0.15, -0.1) is 0 Å². The van der Waals surface area contributed by atoms with Crippen LogP contribution in [-0.2, 0) is 0 Å². The number of fused-ring (bicyclic) bond motifs is 2. The fourth-order valence-corrected chi connectivity index (χ4v) is 5.39. The number of anilines is 1. The van der Waals surface area contributed by atoms with Gasteiger partial charge >= 0.3 is 6.61 Å². The van der Waals surface area contributed by atoms with E-state index in [2.05, 4.69) is 20.8 Å². The van der Waals surface area contributed by atoms with Crippen molar-refractivity contribution >= 4 is 28.5 Å². The molecule has 0 aliphatic heterocycles. The van der Waals surface area contributed by atoms with Crippen LogP contribution in [0.5, 0.6) is 5.75 Å². The van der Waals surface area contributed by atoms with Crippen molar-refractivity contribution in [3.63, 3.8) is 0 Å². The molecule has 1 atom stereocenters. The summed E-state index contributed by atoms with van der Waals surface area (Å²) in [4.78, 5) is 22.5. The molecular formula is C30H25F3N6O2. The molecule has 3 aromatic heterocycles. The summed E-state index contributed by atoms with van der Waals surface area (Å²) in [5, 5.41) is 6.68. The van der Waals surface area contributed by atoms with E-state index < -0.39 is 24.2 Å². The van der Waals surface area contributed by atoms with E-state index in [1.54, 1.807) is 9.25 Å². The Morgan fingerprint density at radius 3 is 2.59 bits per heavy atom. The Kier molecular flexibility index (Phi) is 6.56. The molecule has 3 heterocycles. The lowest BCUT2D eigenvalue weighted by Gasteiger charge is -2.21. The van der Waals surface area contributed by atoms with Crippen LogP contribution in [0.3, 0.4) is 0 Å². The molecule has 11 heteroatoms. The van der Waals surface area contributed by atoms with Gasteiger partial charge in [0.05, 0.1) is 17.1 Å². The Morgan fingerprint density at radius 1 is 1.07 bits per heavy atom. The van der Waals surface area contributed by atoms with Crippen molar-refractivity contribution in [1.82, 2.24) is 24.3 Å². The Bertz CT molecular complexity index is 1990. The number of halogens is 3. The standard InChI is InChI=1S/C30H25F3N6O2/c1-16-7-6-8-18-14-22(38(29(40)24(16)18)20-9-4-3-5-10-20)17(2)39-28-25(27(34)35-15-36-28)26(37-39)19-11-12-23(21(31)13-19)41-30(32)33/h3-5,8-15,17,30H,6-7H2,1-2H3,(H2,34,35,36). The molecule has 0 amide bonds. The largest absolute Gasteiger partial charge is 0.432 e. The van der Waals surface area contributed by atoms with Crippen molar-refractivity contribution in [3.8, 4) is 22.7 Å². The van der Waals surface area contributed by atoms with Crippen LogP contribution in [0.2, 0.25) is 0 Å². The van der Waals surface area contributed by atoms with Crippen molar-refractivity contribution in [3.05, 3.63) is 93.2 Å². The van der Waals surface area contributed by atoms with Gasteiger partial charge in [-0.2, -0.15) is 13.9 Å². The predicted molar refractivity (Wildman–Crippen MR) is 150 cm³/mol. The third-order valence-corrected chi connectivity index (χ3v) is 7.33. The molecule has 0 fully saturated rings. The first-order valence-electron chi connectivity index (χ1n) is 13.0. The fraction of sp³-hybridized carbons (Fsp3) is 0.200. The molecule has 2 aromatic carbocycles. The molecule has 41 heavy (non-hydrogen) atoms. The summed E-state index contributed by atoms with van der Waals surface area (Å²) in [6, 6.07) is 14.4. The number of nitrogens with two attached hydrogens (primary N) is 1. The van der Waals surface area contributed by atoms with E-state index >= 15 is 0 Å². The maximum atomic E-state index is 14.7. The molecule has 1 aliphatic carbocycles. The molecule has 1 unspecified atom stereocenters. The summed E-state index contributed by atoms with van der Waals surface area (Å²) in [5.41, 5.74) is 9.40. The summed E-state index contributed by atoms with van der Waals surface area (Å²) >= 11 is 0. The number of alkyl halides is 2. The van der Waals surface area contributed by atoms with Crippen LogP contribution in [0.25, 0.3) is 39.6 Å². The third kappa shape index (κ3) is 4.52. The maximum absolute atomic E-state index is 14.7. The Balaban J connectivity index is 1.59. The van der Waals surface area contributed by atoms with Crippen molar-refractivity contribution in [2.24, 2.45) is 0 Å². The van der Waals surface area contributed by atoms with Gasteiger partial charge < -0.3 is 10.5 Å². The number of para-hydroxylation sites is 1. The Morgan fingerprint density at radius 2 is 1.85 bits per heavy atom. The van der Waals surface area contributed by atoms with Gasteiger partial charge in [-0.3, -0.25) is 9.36 Å². The minimum absolute atomic E-state index is 0.112. The van der Waals surface area contributed by atoms with Gasteiger partial charge in [0, 0.05) is 16.5 Å². The lowest BCUT2D eigenvalue weighted by atomic mass is 10.0. The number of aromatic nitrogens is 5. The van der Waals surface area contributed by atoms with E-state index in [0.29, 0.717) is 27.6 Å². The molecule has 1 aliphatic rings. The van der Waals surface area contributed by atoms with Gasteiger partial charge in [0.2, 0.25) is 0 Å². The summed E-state index contributed by atoms with van der Waals surface area (Å²) in [5.74, 6) is -1.46. The van der Waals surface area contributed by atoms with Crippen molar-refractivity contribution in [2.45, 2.75) is 39.3 Å². The Hall–Kier alpha value is -4.93. The van der Waals surface area contributed by atoms with Gasteiger partial charge in [0.1, 0.15) is 17.8 Å². The van der Waals surface area contributed by atoms with Crippen LogP contribution in [0.1, 0.15) is 38.4 Å². The number of hydrogen-bond donors (Lipinski definition) is 1. The van der Waals surface area contributed by atoms with E-state index in [-0.39, 0.29) is 22.6 Å². The highest BCUT2D eigenvalue weighted by molar-refractivity contribution is 5.98. The third-order valence-electron chi connectivity index (χ3n) is 7.33. The molecule has 0 bridgehead atoms. The van der Waals surface area contributed by atoms with Gasteiger partial charge in [0.15, 0.2) is 17.2 Å². The molecule has 5 aromatic rings. The SMILES string of the molecule is CC1=c2c(cc(C(C)n3nc(-c4ccc(OC(F)F)c(F)c4)c4c(N)ncnc43)n(-c3ccccc3)c2=O)=CCC1. The predicted octanol–water partition coefficient (Wildman–Crippen LogP) is 4.32. The van der Waals surface area contributed by atoms with Gasteiger partial charge in [0.25, 0.3) is 5.56 Å². The van der Waals surface area contributed by atoms with Crippen LogP contribution in [0.15, 0.2) is 65.7 Å². The molecule has 2 N–H and O–H groups in total. The second kappa shape index (κ2) is 10.2. The zero-order valence-corrected chi connectivity index (χ0v) is 22.2. The van der Waals surface area contributed by atoms with Crippen LogP contribution in [0.4, 0.5) is 19.0 Å². The van der Waals surface area contributed by atoms with Crippen LogP contribution in [0, 0.1) is 5.82 Å². The molecule has 208 valence electrons. The molecule has 0 saturated carbocycles. The molecule has 0 radical (unpaired) electrons. The molecule has 8 nitrogen and oxygen atoms in total. The smallest absolute Gasteiger partial charge is 0.387 e. The first-order valence-corrected chi connectivity index (χ1v) is 13.0. The average Bonchev–Trinajstić information content (AvgIpc) is 3.35. The maximum Gasteiger partial charge on any atom is 0.387 e. The lowest BCUT2D eigenvalue weighted by Crippen LogP contribution is -2.48.